The lowest BCUT2D eigenvalue weighted by Crippen LogP contribution is -2.13. The number of oxazole rings is 1. The third-order valence-corrected chi connectivity index (χ3v) is 5.34. The summed E-state index contributed by atoms with van der Waals surface area (Å²) in [5.74, 6) is -1.93. The van der Waals surface area contributed by atoms with Gasteiger partial charge in [0.25, 0.3) is 5.89 Å². The van der Waals surface area contributed by atoms with E-state index in [2.05, 4.69) is 10.3 Å². The smallest absolute Gasteiger partial charge is 0.339 e. The van der Waals surface area contributed by atoms with Gasteiger partial charge in [0, 0.05) is 21.5 Å². The van der Waals surface area contributed by atoms with Gasteiger partial charge in [-0.1, -0.05) is 49.7 Å². The van der Waals surface area contributed by atoms with Gasteiger partial charge in [0.05, 0.1) is 0 Å². The normalized spacial score (nSPS) is 10.4. The maximum Gasteiger partial charge on any atom is 0.339 e. The van der Waals surface area contributed by atoms with Crippen LogP contribution in [0.25, 0.3) is 22.2 Å². The quantitative estimate of drug-likeness (QED) is 0.376. The summed E-state index contributed by atoms with van der Waals surface area (Å²) in [6.45, 7) is 5.90. The SMILES string of the molecule is CC.Cc1ccc(-c2csc(NC(=O)c3nc4ccccc4o3)c2C(=O)O)c(Cl)c1. The first kappa shape index (κ1) is 21.5. The second-order valence-corrected chi connectivity index (χ2v) is 7.37. The number of nitrogens with one attached hydrogen (secondary N) is 1. The van der Waals surface area contributed by atoms with Crippen molar-refractivity contribution in [3.05, 3.63) is 69.9 Å². The molecular weight excluding hydrogens is 424 g/mol. The van der Waals surface area contributed by atoms with Gasteiger partial charge in [0.2, 0.25) is 0 Å². The number of carboxylic acid groups (broad SMARTS) is 1. The number of fused-ring (bicyclic) bond motifs is 1. The molecule has 6 nitrogen and oxygen atoms in total. The lowest BCUT2D eigenvalue weighted by Gasteiger charge is -2.07. The Morgan fingerprint density at radius 2 is 1.87 bits per heavy atom. The molecule has 0 saturated carbocycles. The molecule has 0 atom stereocenters. The van der Waals surface area contributed by atoms with Crippen LogP contribution >= 0.6 is 22.9 Å². The molecule has 0 radical (unpaired) electrons. The number of carbonyl (C=O) groups excluding carboxylic acids is 1. The number of halogens is 1. The molecular formula is C22H19ClN2O4S. The topological polar surface area (TPSA) is 92.4 Å². The first-order chi connectivity index (χ1) is 14.4. The van der Waals surface area contributed by atoms with Gasteiger partial charge in [0.1, 0.15) is 16.1 Å². The van der Waals surface area contributed by atoms with Gasteiger partial charge in [-0.05, 0) is 30.7 Å². The zero-order valence-corrected chi connectivity index (χ0v) is 18.1. The lowest BCUT2D eigenvalue weighted by molar-refractivity contribution is 0.0699. The Kier molecular flexibility index (Phi) is 6.54. The van der Waals surface area contributed by atoms with Crippen LogP contribution in [-0.2, 0) is 0 Å². The fourth-order valence-electron chi connectivity index (χ4n) is 2.82. The summed E-state index contributed by atoms with van der Waals surface area (Å²) in [6, 6.07) is 12.3. The minimum absolute atomic E-state index is 0.0276. The number of nitrogens with zero attached hydrogens (tertiary/aromatic N) is 1. The van der Waals surface area contributed by atoms with E-state index in [0.717, 1.165) is 16.9 Å². The highest BCUT2D eigenvalue weighted by molar-refractivity contribution is 7.15. The van der Waals surface area contributed by atoms with Crippen LogP contribution in [-0.4, -0.2) is 22.0 Å². The number of benzene rings is 2. The molecule has 154 valence electrons. The maximum absolute atomic E-state index is 12.5. The number of para-hydroxylation sites is 2. The van der Waals surface area contributed by atoms with Crippen molar-refractivity contribution in [2.45, 2.75) is 20.8 Å². The zero-order chi connectivity index (χ0) is 21.8. The molecule has 0 spiro atoms. The first-order valence-corrected chi connectivity index (χ1v) is 10.5. The zero-order valence-electron chi connectivity index (χ0n) is 16.5. The molecule has 0 aliphatic carbocycles. The van der Waals surface area contributed by atoms with Crippen molar-refractivity contribution in [3.8, 4) is 11.1 Å². The highest BCUT2D eigenvalue weighted by atomic mass is 35.5. The number of hydrogen-bond acceptors (Lipinski definition) is 5. The highest BCUT2D eigenvalue weighted by Gasteiger charge is 2.24. The number of hydrogen-bond donors (Lipinski definition) is 2. The monoisotopic (exact) mass is 442 g/mol. The second-order valence-electron chi connectivity index (χ2n) is 6.08. The summed E-state index contributed by atoms with van der Waals surface area (Å²) in [5.41, 5.74) is 2.98. The molecule has 2 aromatic carbocycles. The third kappa shape index (κ3) is 4.22. The van der Waals surface area contributed by atoms with Crippen molar-refractivity contribution >= 4 is 50.9 Å². The van der Waals surface area contributed by atoms with Crippen LogP contribution in [0.3, 0.4) is 0 Å². The molecule has 4 rings (SSSR count). The molecule has 1 amide bonds. The van der Waals surface area contributed by atoms with E-state index in [-0.39, 0.29) is 16.5 Å². The number of aromatic nitrogens is 1. The van der Waals surface area contributed by atoms with E-state index in [4.69, 9.17) is 16.0 Å². The van der Waals surface area contributed by atoms with E-state index >= 15 is 0 Å². The van der Waals surface area contributed by atoms with Gasteiger partial charge in [-0.3, -0.25) is 4.79 Å². The minimum Gasteiger partial charge on any atom is -0.478 e. The molecule has 2 heterocycles. The minimum atomic E-state index is -1.17. The summed E-state index contributed by atoms with van der Waals surface area (Å²) in [7, 11) is 0. The van der Waals surface area contributed by atoms with Gasteiger partial charge in [-0.25, -0.2) is 9.78 Å². The van der Waals surface area contributed by atoms with Gasteiger partial charge in [-0.15, -0.1) is 11.3 Å². The molecule has 0 aliphatic rings. The molecule has 8 heteroatoms. The van der Waals surface area contributed by atoms with E-state index in [0.29, 0.717) is 27.2 Å². The van der Waals surface area contributed by atoms with Gasteiger partial charge < -0.3 is 14.8 Å². The molecule has 0 saturated heterocycles. The summed E-state index contributed by atoms with van der Waals surface area (Å²) in [6.07, 6.45) is 0. The van der Waals surface area contributed by atoms with Gasteiger partial charge in [-0.2, -0.15) is 0 Å². The number of carboxylic acids is 1. The molecule has 0 unspecified atom stereocenters. The van der Waals surface area contributed by atoms with E-state index in [1.54, 1.807) is 41.8 Å². The molecule has 0 aliphatic heterocycles. The number of aromatic carboxylic acids is 1. The highest BCUT2D eigenvalue weighted by Crippen LogP contribution is 2.39. The van der Waals surface area contributed by atoms with Crippen LogP contribution in [0.2, 0.25) is 5.02 Å². The van der Waals surface area contributed by atoms with Crippen molar-refractivity contribution in [3.63, 3.8) is 0 Å². The predicted octanol–water partition coefficient (Wildman–Crippen LogP) is 6.49. The van der Waals surface area contributed by atoms with Crippen LogP contribution in [0.4, 0.5) is 5.00 Å². The van der Waals surface area contributed by atoms with Crippen molar-refractivity contribution in [2.24, 2.45) is 0 Å². The molecule has 30 heavy (non-hydrogen) atoms. The Morgan fingerprint density at radius 1 is 1.13 bits per heavy atom. The summed E-state index contributed by atoms with van der Waals surface area (Å²) >= 11 is 7.40. The number of carbonyl (C=O) groups is 2. The van der Waals surface area contributed by atoms with Crippen molar-refractivity contribution in [1.82, 2.24) is 4.98 Å². The standard InChI is InChI=1S/C20H13ClN2O4S.C2H6/c1-10-6-7-11(13(21)8-10)12-9-28-19(16(12)20(25)26)23-17(24)18-22-14-4-2-3-5-15(14)27-18;1-2/h2-9H,1H3,(H,23,24)(H,25,26);1-2H3. The van der Waals surface area contributed by atoms with Crippen molar-refractivity contribution in [2.75, 3.05) is 5.32 Å². The Hall–Kier alpha value is -3.16. The maximum atomic E-state index is 12.5. The Morgan fingerprint density at radius 3 is 2.53 bits per heavy atom. The van der Waals surface area contributed by atoms with Crippen LogP contribution in [0.15, 0.2) is 52.3 Å². The Bertz CT molecular complexity index is 1200. The number of anilines is 1. The summed E-state index contributed by atoms with van der Waals surface area (Å²) < 4.78 is 5.44. The Balaban J connectivity index is 0.00000124. The van der Waals surface area contributed by atoms with E-state index < -0.39 is 11.9 Å². The molecule has 2 aromatic heterocycles. The van der Waals surface area contributed by atoms with E-state index in [1.165, 1.54) is 0 Å². The van der Waals surface area contributed by atoms with Gasteiger partial charge >= 0.3 is 11.9 Å². The number of aryl methyl sites for hydroxylation is 1. The average Bonchev–Trinajstić information content (AvgIpc) is 3.34. The van der Waals surface area contributed by atoms with Crippen LogP contribution in [0.5, 0.6) is 0 Å². The van der Waals surface area contributed by atoms with E-state index in [1.807, 2.05) is 26.8 Å². The largest absolute Gasteiger partial charge is 0.478 e. The van der Waals surface area contributed by atoms with E-state index in [9.17, 15) is 14.7 Å². The fourth-order valence-corrected chi connectivity index (χ4v) is 4.11. The lowest BCUT2D eigenvalue weighted by atomic mass is 10.0. The number of amides is 1. The number of rotatable bonds is 4. The summed E-state index contributed by atoms with van der Waals surface area (Å²) in [5, 5.41) is 14.6. The predicted molar refractivity (Wildman–Crippen MR) is 120 cm³/mol. The fraction of sp³-hybridized carbons (Fsp3) is 0.136. The van der Waals surface area contributed by atoms with Crippen LogP contribution < -0.4 is 5.32 Å². The average molecular weight is 443 g/mol. The number of thiophene rings is 1. The third-order valence-electron chi connectivity index (χ3n) is 4.13. The molecule has 2 N–H and O–H groups in total. The van der Waals surface area contributed by atoms with Crippen LogP contribution in [0.1, 0.15) is 40.5 Å². The first-order valence-electron chi connectivity index (χ1n) is 9.22. The Labute approximate surface area is 182 Å². The van der Waals surface area contributed by atoms with Gasteiger partial charge in [0.15, 0.2) is 5.58 Å². The van der Waals surface area contributed by atoms with Crippen molar-refractivity contribution in [1.29, 1.82) is 0 Å². The molecule has 0 fully saturated rings. The molecule has 4 aromatic rings. The van der Waals surface area contributed by atoms with Crippen molar-refractivity contribution < 1.29 is 19.1 Å². The molecule has 0 bridgehead atoms. The second kappa shape index (κ2) is 9.11. The summed E-state index contributed by atoms with van der Waals surface area (Å²) in [4.78, 5) is 28.6. The van der Waals surface area contributed by atoms with Crippen LogP contribution in [0, 0.1) is 6.92 Å².